The summed E-state index contributed by atoms with van der Waals surface area (Å²) >= 11 is 0. The van der Waals surface area contributed by atoms with Gasteiger partial charge in [-0.3, -0.25) is 4.79 Å². The second-order valence-electron chi connectivity index (χ2n) is 8.30. The molecule has 0 aliphatic rings. The molecule has 1 atom stereocenters. The fourth-order valence-corrected chi connectivity index (χ4v) is 4.00. The van der Waals surface area contributed by atoms with Gasteiger partial charge < -0.3 is 10.0 Å². The van der Waals surface area contributed by atoms with Gasteiger partial charge in [0.05, 0.1) is 0 Å². The van der Waals surface area contributed by atoms with E-state index in [9.17, 15) is 4.79 Å². The summed E-state index contributed by atoms with van der Waals surface area (Å²) in [5, 5.41) is 8.97. The highest BCUT2D eigenvalue weighted by atomic mass is 16.4. The molecule has 0 saturated carbocycles. The maximum absolute atomic E-state index is 10.9. The molecule has 0 aromatic rings. The van der Waals surface area contributed by atoms with Crippen LogP contribution in [-0.4, -0.2) is 35.1 Å². The van der Waals surface area contributed by atoms with Crippen molar-refractivity contribution in [3.8, 4) is 0 Å². The first-order valence-electron chi connectivity index (χ1n) is 12.1. The Kier molecular flexibility index (Phi) is 19.7. The summed E-state index contributed by atoms with van der Waals surface area (Å²) in [6.45, 7) is 9.22. The van der Waals surface area contributed by atoms with Gasteiger partial charge >= 0.3 is 5.97 Å². The Morgan fingerprint density at radius 1 is 0.667 bits per heavy atom. The summed E-state index contributed by atoms with van der Waals surface area (Å²) < 4.78 is 0. The van der Waals surface area contributed by atoms with Crippen molar-refractivity contribution in [1.82, 2.24) is 4.90 Å². The van der Waals surface area contributed by atoms with Gasteiger partial charge in [-0.2, -0.15) is 0 Å². The number of rotatable bonds is 21. The van der Waals surface area contributed by atoms with Crippen LogP contribution in [-0.2, 0) is 4.79 Å². The van der Waals surface area contributed by atoms with Gasteiger partial charge in [-0.05, 0) is 45.2 Å². The Morgan fingerprint density at radius 2 is 1.15 bits per heavy atom. The number of carboxylic acids is 1. The van der Waals surface area contributed by atoms with E-state index in [4.69, 9.17) is 5.11 Å². The lowest BCUT2D eigenvalue weighted by Gasteiger charge is -2.32. The first-order valence-corrected chi connectivity index (χ1v) is 12.1. The normalized spacial score (nSPS) is 12.6. The van der Waals surface area contributed by atoms with Gasteiger partial charge in [0, 0.05) is 12.5 Å². The molecule has 0 amide bonds. The van der Waals surface area contributed by atoms with Gasteiger partial charge in [0.1, 0.15) is 0 Å². The molecule has 0 saturated heterocycles. The minimum absolute atomic E-state index is 0.322. The van der Waals surface area contributed by atoms with Crippen LogP contribution in [0.2, 0.25) is 0 Å². The molecule has 0 radical (unpaired) electrons. The molecule has 3 nitrogen and oxygen atoms in total. The molecule has 0 aromatic carbocycles. The molecule has 162 valence electrons. The summed E-state index contributed by atoms with van der Waals surface area (Å²) in [6, 6.07) is 0.584. The van der Waals surface area contributed by atoms with Gasteiger partial charge in [0.15, 0.2) is 0 Å². The predicted octanol–water partition coefficient (Wildman–Crippen LogP) is 7.43. The van der Waals surface area contributed by atoms with Gasteiger partial charge in [-0.15, -0.1) is 0 Å². The summed E-state index contributed by atoms with van der Waals surface area (Å²) in [7, 11) is 0. The third-order valence-corrected chi connectivity index (χ3v) is 5.66. The second kappa shape index (κ2) is 20.2. The van der Waals surface area contributed by atoms with Crippen LogP contribution in [0.4, 0.5) is 0 Å². The average molecular weight is 384 g/mol. The maximum Gasteiger partial charge on any atom is 0.303 e. The molecule has 0 bridgehead atoms. The van der Waals surface area contributed by atoms with E-state index in [0.717, 1.165) is 12.8 Å². The summed E-state index contributed by atoms with van der Waals surface area (Å²) in [5.41, 5.74) is 0. The van der Waals surface area contributed by atoms with E-state index in [2.05, 4.69) is 25.7 Å². The third-order valence-electron chi connectivity index (χ3n) is 5.66. The van der Waals surface area contributed by atoms with Crippen LogP contribution in [0, 0.1) is 0 Å². The lowest BCUT2D eigenvalue weighted by molar-refractivity contribution is -0.137. The number of unbranched alkanes of at least 4 members (excludes halogenated alkanes) is 10. The summed E-state index contributed by atoms with van der Waals surface area (Å²) in [4.78, 5) is 13.6. The molecule has 0 aromatic heterocycles. The van der Waals surface area contributed by atoms with Crippen molar-refractivity contribution < 1.29 is 9.90 Å². The Balaban J connectivity index is 4.37. The third kappa shape index (κ3) is 17.3. The standard InChI is InChI=1S/C24H49NO2/c1-4-7-9-11-13-15-21-25(22-16-14-12-10-8-5-2)23(18-6-3)19-17-20-24(26)27/h23H,4-22H2,1-3H3,(H,26,27). The molecule has 1 N–H and O–H groups in total. The minimum Gasteiger partial charge on any atom is -0.481 e. The lowest BCUT2D eigenvalue weighted by atomic mass is 10.0. The van der Waals surface area contributed by atoms with E-state index in [1.54, 1.807) is 0 Å². The fraction of sp³-hybridized carbons (Fsp3) is 0.958. The lowest BCUT2D eigenvalue weighted by Crippen LogP contribution is -2.37. The van der Waals surface area contributed by atoms with Crippen molar-refractivity contribution in [2.24, 2.45) is 0 Å². The fourth-order valence-electron chi connectivity index (χ4n) is 4.00. The van der Waals surface area contributed by atoms with E-state index in [1.807, 2.05) is 0 Å². The SMILES string of the molecule is CCCCCCCCN(CCCCCCCC)C(CCC)CCCC(=O)O. The number of aliphatic carboxylic acids is 1. The van der Waals surface area contributed by atoms with Gasteiger partial charge in [-0.1, -0.05) is 91.4 Å². The topological polar surface area (TPSA) is 40.5 Å². The van der Waals surface area contributed by atoms with Crippen molar-refractivity contribution in [3.05, 3.63) is 0 Å². The van der Waals surface area contributed by atoms with Crippen molar-refractivity contribution in [3.63, 3.8) is 0 Å². The van der Waals surface area contributed by atoms with Crippen LogP contribution in [0.15, 0.2) is 0 Å². The molecular weight excluding hydrogens is 334 g/mol. The monoisotopic (exact) mass is 383 g/mol. The van der Waals surface area contributed by atoms with Crippen LogP contribution >= 0.6 is 0 Å². The van der Waals surface area contributed by atoms with E-state index < -0.39 is 5.97 Å². The molecule has 0 aliphatic carbocycles. The molecular formula is C24H49NO2. The highest BCUT2D eigenvalue weighted by molar-refractivity contribution is 5.66. The number of nitrogens with zero attached hydrogens (tertiary/aromatic N) is 1. The first-order chi connectivity index (χ1) is 13.2. The van der Waals surface area contributed by atoms with Crippen LogP contribution in [0.1, 0.15) is 130 Å². The van der Waals surface area contributed by atoms with Gasteiger partial charge in [0.2, 0.25) is 0 Å². The zero-order chi connectivity index (χ0) is 20.2. The zero-order valence-electron chi connectivity index (χ0n) is 18.8. The number of hydrogen-bond donors (Lipinski definition) is 1. The van der Waals surface area contributed by atoms with Crippen LogP contribution < -0.4 is 0 Å². The Bertz CT molecular complexity index is 304. The van der Waals surface area contributed by atoms with Crippen molar-refractivity contribution in [2.45, 2.75) is 136 Å². The average Bonchev–Trinajstić information content (AvgIpc) is 2.64. The molecule has 3 heteroatoms. The molecule has 0 heterocycles. The minimum atomic E-state index is -0.649. The summed E-state index contributed by atoms with van der Waals surface area (Å²) in [5.74, 6) is -0.649. The van der Waals surface area contributed by atoms with Crippen LogP contribution in [0.25, 0.3) is 0 Å². The molecule has 0 aliphatic heterocycles. The number of hydrogen-bond acceptors (Lipinski definition) is 2. The molecule has 1 unspecified atom stereocenters. The molecule has 27 heavy (non-hydrogen) atoms. The molecule has 0 rings (SSSR count). The highest BCUT2D eigenvalue weighted by Gasteiger charge is 2.17. The molecule has 0 fully saturated rings. The highest BCUT2D eigenvalue weighted by Crippen LogP contribution is 2.18. The van der Waals surface area contributed by atoms with Crippen molar-refractivity contribution >= 4 is 5.97 Å². The smallest absolute Gasteiger partial charge is 0.303 e. The number of carboxylic acid groups (broad SMARTS) is 1. The Labute approximate surface area is 170 Å². The molecule has 0 spiro atoms. The Morgan fingerprint density at radius 3 is 1.59 bits per heavy atom. The van der Waals surface area contributed by atoms with E-state index in [1.165, 1.54) is 103 Å². The number of carbonyl (C=O) groups is 1. The van der Waals surface area contributed by atoms with Crippen molar-refractivity contribution in [1.29, 1.82) is 0 Å². The van der Waals surface area contributed by atoms with E-state index >= 15 is 0 Å². The summed E-state index contributed by atoms with van der Waals surface area (Å²) in [6.07, 6.45) is 20.8. The van der Waals surface area contributed by atoms with E-state index in [0.29, 0.717) is 12.5 Å². The zero-order valence-corrected chi connectivity index (χ0v) is 18.8. The Hall–Kier alpha value is -0.570. The second-order valence-corrected chi connectivity index (χ2v) is 8.30. The van der Waals surface area contributed by atoms with E-state index in [-0.39, 0.29) is 0 Å². The van der Waals surface area contributed by atoms with Crippen LogP contribution in [0.5, 0.6) is 0 Å². The van der Waals surface area contributed by atoms with Crippen molar-refractivity contribution in [2.75, 3.05) is 13.1 Å². The van der Waals surface area contributed by atoms with Gasteiger partial charge in [0.25, 0.3) is 0 Å². The first kappa shape index (κ1) is 26.4. The largest absolute Gasteiger partial charge is 0.481 e. The van der Waals surface area contributed by atoms with Gasteiger partial charge in [-0.25, -0.2) is 0 Å². The van der Waals surface area contributed by atoms with Crippen LogP contribution in [0.3, 0.4) is 0 Å². The maximum atomic E-state index is 10.9. The predicted molar refractivity (Wildman–Crippen MR) is 119 cm³/mol. The quantitative estimate of drug-likeness (QED) is 0.209.